The average Bonchev–Trinajstić information content (AvgIpc) is 3.35. The lowest BCUT2D eigenvalue weighted by Crippen LogP contribution is -2.30. The summed E-state index contributed by atoms with van der Waals surface area (Å²) in [5.74, 6) is 1.62. The molecule has 144 valence electrons. The van der Waals surface area contributed by atoms with Crippen molar-refractivity contribution in [2.75, 3.05) is 6.54 Å². The second-order valence-corrected chi connectivity index (χ2v) is 7.84. The summed E-state index contributed by atoms with van der Waals surface area (Å²) in [4.78, 5) is 28.1. The summed E-state index contributed by atoms with van der Waals surface area (Å²) in [6.45, 7) is 4.63. The maximum Gasteiger partial charge on any atom is 0.290 e. The fourth-order valence-electron chi connectivity index (χ4n) is 3.50. The summed E-state index contributed by atoms with van der Waals surface area (Å²) in [7, 11) is 0. The van der Waals surface area contributed by atoms with E-state index in [9.17, 15) is 4.79 Å². The predicted molar refractivity (Wildman–Crippen MR) is 107 cm³/mol. The SMILES string of the molecule is Cc1cc(C)nc(SCc2ccc(C(=O)N3CCC[C@H]3c3ccccn3)o2)n1. The quantitative estimate of drug-likeness (QED) is 0.473. The van der Waals surface area contributed by atoms with E-state index in [1.165, 1.54) is 11.8 Å². The number of nitrogens with zero attached hydrogens (tertiary/aromatic N) is 4. The molecule has 0 aliphatic carbocycles. The van der Waals surface area contributed by atoms with Crippen LogP contribution in [0.4, 0.5) is 0 Å². The van der Waals surface area contributed by atoms with Crippen molar-refractivity contribution in [3.05, 3.63) is 71.2 Å². The zero-order valence-corrected chi connectivity index (χ0v) is 16.8. The average molecular weight is 395 g/mol. The number of rotatable bonds is 5. The first kappa shape index (κ1) is 18.7. The van der Waals surface area contributed by atoms with Crippen LogP contribution in [0.25, 0.3) is 0 Å². The number of carbonyl (C=O) groups excluding carboxylic acids is 1. The van der Waals surface area contributed by atoms with E-state index in [0.29, 0.717) is 11.5 Å². The highest BCUT2D eigenvalue weighted by Gasteiger charge is 2.32. The van der Waals surface area contributed by atoms with Crippen LogP contribution >= 0.6 is 11.8 Å². The van der Waals surface area contributed by atoms with E-state index in [-0.39, 0.29) is 11.9 Å². The molecule has 1 aliphatic heterocycles. The monoisotopic (exact) mass is 394 g/mol. The molecule has 6 nitrogen and oxygen atoms in total. The fraction of sp³-hybridized carbons (Fsp3) is 0.333. The Morgan fingerprint density at radius 1 is 1.21 bits per heavy atom. The molecule has 28 heavy (non-hydrogen) atoms. The molecule has 0 aromatic carbocycles. The molecule has 4 heterocycles. The van der Waals surface area contributed by atoms with E-state index in [1.807, 2.05) is 49.1 Å². The fourth-order valence-corrected chi connectivity index (χ4v) is 4.34. The lowest BCUT2D eigenvalue weighted by atomic mass is 10.1. The lowest BCUT2D eigenvalue weighted by Gasteiger charge is -2.23. The molecule has 1 saturated heterocycles. The van der Waals surface area contributed by atoms with Crippen LogP contribution in [-0.2, 0) is 5.75 Å². The standard InChI is InChI=1S/C21H22N4O2S/c1-14-12-15(2)24-21(23-14)28-13-16-8-9-19(27-16)20(26)25-11-5-7-18(25)17-6-3-4-10-22-17/h3-4,6,8-10,12,18H,5,7,11,13H2,1-2H3/t18-/m0/s1. The third-order valence-electron chi connectivity index (χ3n) is 4.72. The number of carbonyl (C=O) groups is 1. The van der Waals surface area contributed by atoms with Crippen molar-refractivity contribution in [1.82, 2.24) is 19.9 Å². The molecule has 0 N–H and O–H groups in total. The van der Waals surface area contributed by atoms with Crippen molar-refractivity contribution < 1.29 is 9.21 Å². The van der Waals surface area contributed by atoms with Crippen molar-refractivity contribution >= 4 is 17.7 Å². The Hall–Kier alpha value is -2.67. The Kier molecular flexibility index (Phi) is 5.43. The largest absolute Gasteiger partial charge is 0.455 e. The van der Waals surface area contributed by atoms with Crippen LogP contribution in [0.5, 0.6) is 0 Å². The molecule has 0 saturated carbocycles. The molecular weight excluding hydrogens is 372 g/mol. The summed E-state index contributed by atoms with van der Waals surface area (Å²) in [6.07, 6.45) is 3.67. The molecule has 4 rings (SSSR count). The van der Waals surface area contributed by atoms with Gasteiger partial charge in [0, 0.05) is 24.1 Å². The van der Waals surface area contributed by atoms with Gasteiger partial charge in [0.1, 0.15) is 5.76 Å². The third kappa shape index (κ3) is 4.09. The van der Waals surface area contributed by atoms with Gasteiger partial charge in [-0.15, -0.1) is 0 Å². The number of thioether (sulfide) groups is 1. The van der Waals surface area contributed by atoms with Crippen LogP contribution < -0.4 is 0 Å². The molecular formula is C21H22N4O2S. The van der Waals surface area contributed by atoms with Crippen LogP contribution in [0.15, 0.2) is 52.2 Å². The van der Waals surface area contributed by atoms with Crippen molar-refractivity contribution in [2.45, 2.75) is 43.6 Å². The van der Waals surface area contributed by atoms with Gasteiger partial charge < -0.3 is 9.32 Å². The van der Waals surface area contributed by atoms with Crippen LogP contribution in [0.1, 0.15) is 52.3 Å². The number of hydrogen-bond donors (Lipinski definition) is 0. The van der Waals surface area contributed by atoms with E-state index >= 15 is 0 Å². The van der Waals surface area contributed by atoms with Crippen molar-refractivity contribution in [2.24, 2.45) is 0 Å². The number of likely N-dealkylation sites (tertiary alicyclic amines) is 1. The van der Waals surface area contributed by atoms with Gasteiger partial charge in [0.25, 0.3) is 5.91 Å². The minimum Gasteiger partial charge on any atom is -0.455 e. The zero-order valence-electron chi connectivity index (χ0n) is 16.0. The summed E-state index contributed by atoms with van der Waals surface area (Å²) in [5.41, 5.74) is 2.82. The van der Waals surface area contributed by atoms with E-state index in [4.69, 9.17) is 4.42 Å². The zero-order chi connectivity index (χ0) is 19.5. The first-order valence-electron chi connectivity index (χ1n) is 9.36. The molecule has 0 radical (unpaired) electrons. The Morgan fingerprint density at radius 3 is 2.79 bits per heavy atom. The summed E-state index contributed by atoms with van der Waals surface area (Å²) in [5, 5.41) is 0.719. The Bertz CT molecular complexity index is 953. The van der Waals surface area contributed by atoms with Crippen molar-refractivity contribution in [1.29, 1.82) is 0 Å². The van der Waals surface area contributed by atoms with Crippen molar-refractivity contribution in [3.63, 3.8) is 0 Å². The van der Waals surface area contributed by atoms with Gasteiger partial charge in [0.2, 0.25) is 0 Å². The van der Waals surface area contributed by atoms with Gasteiger partial charge in [-0.25, -0.2) is 9.97 Å². The van der Waals surface area contributed by atoms with Gasteiger partial charge in [-0.1, -0.05) is 17.8 Å². The smallest absolute Gasteiger partial charge is 0.290 e. The molecule has 7 heteroatoms. The molecule has 1 atom stereocenters. The Morgan fingerprint density at radius 2 is 2.04 bits per heavy atom. The Balaban J connectivity index is 1.44. The molecule has 3 aromatic rings. The van der Waals surface area contributed by atoms with Gasteiger partial charge in [0.05, 0.1) is 17.5 Å². The Labute approximate surface area is 168 Å². The second-order valence-electron chi connectivity index (χ2n) is 6.90. The van der Waals surface area contributed by atoms with Gasteiger partial charge >= 0.3 is 0 Å². The topological polar surface area (TPSA) is 72.1 Å². The van der Waals surface area contributed by atoms with Gasteiger partial charge in [0.15, 0.2) is 10.9 Å². The normalized spacial score (nSPS) is 16.5. The third-order valence-corrected chi connectivity index (χ3v) is 5.59. The lowest BCUT2D eigenvalue weighted by molar-refractivity contribution is 0.0699. The van der Waals surface area contributed by atoms with E-state index in [0.717, 1.165) is 47.4 Å². The molecule has 0 bridgehead atoms. The van der Waals surface area contributed by atoms with E-state index in [2.05, 4.69) is 15.0 Å². The van der Waals surface area contributed by atoms with E-state index in [1.54, 1.807) is 12.3 Å². The highest BCUT2D eigenvalue weighted by atomic mass is 32.2. The minimum absolute atomic E-state index is 0.0142. The number of aryl methyl sites for hydroxylation is 2. The summed E-state index contributed by atoms with van der Waals surface area (Å²) < 4.78 is 5.84. The van der Waals surface area contributed by atoms with Gasteiger partial charge in [-0.05, 0) is 57.0 Å². The summed E-state index contributed by atoms with van der Waals surface area (Å²) in [6, 6.07) is 11.4. The van der Waals surface area contributed by atoms with Crippen LogP contribution in [0.3, 0.4) is 0 Å². The maximum absolute atomic E-state index is 13.0. The highest BCUT2D eigenvalue weighted by Crippen LogP contribution is 2.32. The first-order valence-corrected chi connectivity index (χ1v) is 10.3. The van der Waals surface area contributed by atoms with Crippen LogP contribution in [0.2, 0.25) is 0 Å². The number of hydrogen-bond acceptors (Lipinski definition) is 6. The minimum atomic E-state index is -0.0768. The number of amides is 1. The van der Waals surface area contributed by atoms with Gasteiger partial charge in [-0.2, -0.15) is 0 Å². The van der Waals surface area contributed by atoms with E-state index < -0.39 is 0 Å². The summed E-state index contributed by atoms with van der Waals surface area (Å²) >= 11 is 1.51. The molecule has 1 amide bonds. The highest BCUT2D eigenvalue weighted by molar-refractivity contribution is 7.98. The van der Waals surface area contributed by atoms with Gasteiger partial charge in [-0.3, -0.25) is 9.78 Å². The first-order chi connectivity index (χ1) is 13.6. The van der Waals surface area contributed by atoms with Crippen molar-refractivity contribution in [3.8, 4) is 0 Å². The molecule has 0 unspecified atom stereocenters. The predicted octanol–water partition coefficient (Wildman–Crippen LogP) is 4.35. The maximum atomic E-state index is 13.0. The molecule has 1 aliphatic rings. The second kappa shape index (κ2) is 8.14. The number of furan rings is 1. The van der Waals surface area contributed by atoms with Crippen LogP contribution in [-0.4, -0.2) is 32.3 Å². The molecule has 3 aromatic heterocycles. The molecule has 0 spiro atoms. The number of aromatic nitrogens is 3. The molecule has 1 fully saturated rings. The number of pyridine rings is 1. The van der Waals surface area contributed by atoms with Crippen LogP contribution in [0, 0.1) is 13.8 Å².